The molecule has 1 aliphatic carbocycles. The molecule has 1 heterocycles. The topological polar surface area (TPSA) is 99.2 Å². The van der Waals surface area contributed by atoms with Crippen molar-refractivity contribution in [3.63, 3.8) is 0 Å². The summed E-state index contributed by atoms with van der Waals surface area (Å²) in [5, 5.41) is 9.17. The first-order valence-corrected chi connectivity index (χ1v) is 10.3. The van der Waals surface area contributed by atoms with E-state index in [1.165, 1.54) is 0 Å². The van der Waals surface area contributed by atoms with Crippen LogP contribution in [0, 0.1) is 0 Å². The van der Waals surface area contributed by atoms with Crippen LogP contribution in [0.4, 0.5) is 0 Å². The highest BCUT2D eigenvalue weighted by molar-refractivity contribution is 6.30. The fourth-order valence-electron chi connectivity index (χ4n) is 3.90. The van der Waals surface area contributed by atoms with Crippen molar-refractivity contribution in [3.05, 3.63) is 59.2 Å². The van der Waals surface area contributed by atoms with Gasteiger partial charge in [0.15, 0.2) is 6.61 Å². The van der Waals surface area contributed by atoms with Crippen LogP contribution in [0.1, 0.15) is 42.1 Å². The molecule has 1 saturated carbocycles. The second-order valence-electron chi connectivity index (χ2n) is 7.54. The van der Waals surface area contributed by atoms with Crippen LogP contribution in [0.3, 0.4) is 0 Å². The summed E-state index contributed by atoms with van der Waals surface area (Å²) in [5.41, 5.74) is 6.80. The average Bonchev–Trinajstić information content (AvgIpc) is 3.17. The second-order valence-corrected chi connectivity index (χ2v) is 7.98. The molecular weight excluding hydrogens is 404 g/mol. The lowest BCUT2D eigenvalue weighted by atomic mass is 9.91. The molecule has 0 radical (unpaired) electrons. The zero-order chi connectivity index (χ0) is 21.1. The lowest BCUT2D eigenvalue weighted by molar-refractivity contribution is -0.124. The lowest BCUT2D eigenvalue weighted by Crippen LogP contribution is -2.40. The number of nitrogens with one attached hydrogen (secondary N) is 1. The predicted molar refractivity (Wildman–Crippen MR) is 115 cm³/mol. The summed E-state index contributed by atoms with van der Waals surface area (Å²) < 4.78 is 7.48. The zero-order valence-corrected chi connectivity index (χ0v) is 17.1. The highest BCUT2D eigenvalue weighted by Crippen LogP contribution is 2.31. The summed E-state index contributed by atoms with van der Waals surface area (Å²) in [4.78, 5) is 23.7. The Hall–Kier alpha value is -3.06. The maximum absolute atomic E-state index is 12.2. The van der Waals surface area contributed by atoms with E-state index >= 15 is 0 Å². The van der Waals surface area contributed by atoms with E-state index in [-0.39, 0.29) is 24.6 Å². The van der Waals surface area contributed by atoms with Gasteiger partial charge in [-0.25, -0.2) is 0 Å². The van der Waals surface area contributed by atoms with Gasteiger partial charge >= 0.3 is 0 Å². The molecule has 0 atom stereocenters. The van der Waals surface area contributed by atoms with E-state index in [1.54, 1.807) is 36.4 Å². The SMILES string of the molecule is NC(=O)c1ccc2cnn(C3CCC(NC(=O)COc4ccc(Cl)cc4)CC3)c2c1. The molecule has 30 heavy (non-hydrogen) atoms. The quantitative estimate of drug-likeness (QED) is 0.630. The summed E-state index contributed by atoms with van der Waals surface area (Å²) in [7, 11) is 0. The normalized spacial score (nSPS) is 18.8. The average molecular weight is 427 g/mol. The van der Waals surface area contributed by atoms with Crippen molar-refractivity contribution in [2.24, 2.45) is 5.73 Å². The number of ether oxygens (including phenoxy) is 1. The van der Waals surface area contributed by atoms with Crippen LogP contribution in [0.5, 0.6) is 5.75 Å². The summed E-state index contributed by atoms with van der Waals surface area (Å²) >= 11 is 5.84. The van der Waals surface area contributed by atoms with E-state index < -0.39 is 5.91 Å². The van der Waals surface area contributed by atoms with Crippen LogP contribution < -0.4 is 15.8 Å². The third kappa shape index (κ3) is 4.57. The highest BCUT2D eigenvalue weighted by Gasteiger charge is 2.25. The summed E-state index contributed by atoms with van der Waals surface area (Å²) in [6.07, 6.45) is 5.30. The lowest BCUT2D eigenvalue weighted by Gasteiger charge is -2.29. The van der Waals surface area contributed by atoms with Crippen molar-refractivity contribution in [1.82, 2.24) is 15.1 Å². The van der Waals surface area contributed by atoms with Gasteiger partial charge in [0.1, 0.15) is 5.75 Å². The number of primary amides is 1. The number of nitrogens with zero attached hydrogens (tertiary/aromatic N) is 2. The maximum atomic E-state index is 12.2. The molecule has 156 valence electrons. The van der Waals surface area contributed by atoms with E-state index in [4.69, 9.17) is 22.1 Å². The van der Waals surface area contributed by atoms with E-state index in [2.05, 4.69) is 10.4 Å². The smallest absolute Gasteiger partial charge is 0.258 e. The van der Waals surface area contributed by atoms with Gasteiger partial charge in [0.25, 0.3) is 5.91 Å². The third-order valence-electron chi connectivity index (χ3n) is 5.47. The predicted octanol–water partition coefficient (Wildman–Crippen LogP) is 3.47. The summed E-state index contributed by atoms with van der Waals surface area (Å²) in [6.45, 7) is -0.0265. The van der Waals surface area contributed by atoms with Crippen molar-refractivity contribution in [3.8, 4) is 5.75 Å². The van der Waals surface area contributed by atoms with Crippen LogP contribution in [0.15, 0.2) is 48.7 Å². The number of hydrogen-bond acceptors (Lipinski definition) is 4. The number of carbonyl (C=O) groups excluding carboxylic acids is 2. The van der Waals surface area contributed by atoms with Crippen molar-refractivity contribution in [2.45, 2.75) is 37.8 Å². The van der Waals surface area contributed by atoms with Gasteiger partial charge < -0.3 is 15.8 Å². The molecule has 1 fully saturated rings. The number of benzene rings is 2. The Bertz CT molecular complexity index is 1060. The standard InChI is InChI=1S/C22H23ClN4O3/c23-16-3-9-19(10-4-16)30-13-21(28)26-17-5-7-18(8-6-17)27-20-11-14(22(24)29)1-2-15(20)12-25-27/h1-4,9-12,17-18H,5-8,13H2,(H2,24,29)(H,26,28). The molecule has 0 saturated heterocycles. The minimum absolute atomic E-state index is 0.0265. The first-order valence-electron chi connectivity index (χ1n) is 9.94. The van der Waals surface area contributed by atoms with Gasteiger partial charge in [-0.05, 0) is 62.1 Å². The molecule has 2 aromatic carbocycles. The first-order chi connectivity index (χ1) is 14.5. The van der Waals surface area contributed by atoms with Gasteiger partial charge in [0.2, 0.25) is 5.91 Å². The molecule has 0 spiro atoms. The largest absolute Gasteiger partial charge is 0.484 e. The summed E-state index contributed by atoms with van der Waals surface area (Å²) in [5.74, 6) is 0.0278. The number of aromatic nitrogens is 2. The van der Waals surface area contributed by atoms with Crippen LogP contribution in [-0.4, -0.2) is 34.2 Å². The molecule has 2 amide bonds. The Morgan fingerprint density at radius 3 is 2.57 bits per heavy atom. The Labute approximate surface area is 179 Å². The van der Waals surface area contributed by atoms with E-state index in [9.17, 15) is 9.59 Å². The molecule has 1 aromatic heterocycles. The van der Waals surface area contributed by atoms with Crippen LogP contribution in [0.25, 0.3) is 10.9 Å². The minimum Gasteiger partial charge on any atom is -0.484 e. The molecule has 3 aromatic rings. The number of halogens is 1. The Kier molecular flexibility index (Phi) is 5.90. The van der Waals surface area contributed by atoms with Crippen LogP contribution in [-0.2, 0) is 4.79 Å². The molecule has 8 heteroatoms. The van der Waals surface area contributed by atoms with Gasteiger partial charge in [-0.15, -0.1) is 0 Å². The Morgan fingerprint density at radius 1 is 1.13 bits per heavy atom. The van der Waals surface area contributed by atoms with Gasteiger partial charge in [-0.1, -0.05) is 17.7 Å². The number of amides is 2. The van der Waals surface area contributed by atoms with E-state index in [0.717, 1.165) is 36.6 Å². The zero-order valence-electron chi connectivity index (χ0n) is 16.4. The Balaban J connectivity index is 1.31. The molecule has 0 aliphatic heterocycles. The van der Waals surface area contributed by atoms with Crippen LogP contribution >= 0.6 is 11.6 Å². The molecular formula is C22H23ClN4O3. The molecule has 0 bridgehead atoms. The molecule has 0 unspecified atom stereocenters. The maximum Gasteiger partial charge on any atom is 0.258 e. The Morgan fingerprint density at radius 2 is 1.87 bits per heavy atom. The van der Waals surface area contributed by atoms with Crippen molar-refractivity contribution < 1.29 is 14.3 Å². The van der Waals surface area contributed by atoms with Gasteiger partial charge in [0, 0.05) is 22.0 Å². The molecule has 4 rings (SSSR count). The summed E-state index contributed by atoms with van der Waals surface area (Å²) in [6, 6.07) is 12.6. The number of fused-ring (bicyclic) bond motifs is 1. The highest BCUT2D eigenvalue weighted by atomic mass is 35.5. The fraction of sp³-hybridized carbons (Fsp3) is 0.318. The van der Waals surface area contributed by atoms with Gasteiger partial charge in [-0.3, -0.25) is 14.3 Å². The van der Waals surface area contributed by atoms with Crippen molar-refractivity contribution in [2.75, 3.05) is 6.61 Å². The molecule has 1 aliphatic rings. The number of hydrogen-bond donors (Lipinski definition) is 2. The first kappa shape index (κ1) is 20.2. The van der Waals surface area contributed by atoms with Gasteiger partial charge in [-0.2, -0.15) is 5.10 Å². The van der Waals surface area contributed by atoms with Gasteiger partial charge in [0.05, 0.1) is 17.8 Å². The number of carbonyl (C=O) groups is 2. The minimum atomic E-state index is -0.447. The fourth-order valence-corrected chi connectivity index (χ4v) is 4.02. The van der Waals surface area contributed by atoms with Crippen molar-refractivity contribution in [1.29, 1.82) is 0 Å². The van der Waals surface area contributed by atoms with E-state index in [0.29, 0.717) is 16.3 Å². The molecule has 7 nitrogen and oxygen atoms in total. The molecule has 3 N–H and O–H groups in total. The number of rotatable bonds is 6. The van der Waals surface area contributed by atoms with Crippen molar-refractivity contribution >= 4 is 34.3 Å². The van der Waals surface area contributed by atoms with Crippen LogP contribution in [0.2, 0.25) is 5.02 Å². The second kappa shape index (κ2) is 8.75. The third-order valence-corrected chi connectivity index (χ3v) is 5.73. The van der Waals surface area contributed by atoms with E-state index in [1.807, 2.05) is 16.9 Å². The monoisotopic (exact) mass is 426 g/mol. The number of nitrogens with two attached hydrogens (primary N) is 1.